The lowest BCUT2D eigenvalue weighted by Gasteiger charge is -2.37. The molecule has 24 heavy (non-hydrogen) atoms. The summed E-state index contributed by atoms with van der Waals surface area (Å²) in [5, 5.41) is 20.8. The molecule has 0 spiro atoms. The number of amides is 1. The Balaban J connectivity index is 1.63. The Bertz CT molecular complexity index is 696. The third-order valence-electron chi connectivity index (χ3n) is 4.80. The number of hydrogen-bond donors (Lipinski definition) is 2. The van der Waals surface area contributed by atoms with Crippen molar-refractivity contribution in [2.24, 2.45) is 13.0 Å². The fourth-order valence-corrected chi connectivity index (χ4v) is 3.32. The lowest BCUT2D eigenvalue weighted by molar-refractivity contribution is -0.123. The van der Waals surface area contributed by atoms with Crippen LogP contribution in [-0.2, 0) is 18.3 Å². The molecule has 2 heterocycles. The third kappa shape index (κ3) is 3.51. The lowest BCUT2D eigenvalue weighted by Crippen LogP contribution is -2.41. The highest BCUT2D eigenvalue weighted by atomic mass is 16.5. The standard InChI is InChI=1S/C17H24N4O3/c1-10-15(11(2)24-20-10)4-5-16(23)19-17(12-6-14(22)7-12)13-8-18-21(3)9-13/h8-9,12,14,17,22H,4-7H2,1-3H3,(H,19,23). The van der Waals surface area contributed by atoms with Gasteiger partial charge in [0, 0.05) is 30.8 Å². The first-order valence-corrected chi connectivity index (χ1v) is 8.31. The molecule has 0 aliphatic heterocycles. The Morgan fingerprint density at radius 3 is 2.79 bits per heavy atom. The van der Waals surface area contributed by atoms with E-state index in [0.717, 1.165) is 22.6 Å². The first kappa shape index (κ1) is 16.7. The molecule has 2 N–H and O–H groups in total. The normalized spacial score (nSPS) is 21.3. The Hall–Kier alpha value is -2.15. The van der Waals surface area contributed by atoms with Gasteiger partial charge in [-0.15, -0.1) is 0 Å². The minimum Gasteiger partial charge on any atom is -0.393 e. The number of carbonyl (C=O) groups is 1. The van der Waals surface area contributed by atoms with Crippen molar-refractivity contribution in [3.63, 3.8) is 0 Å². The van der Waals surface area contributed by atoms with Crippen LogP contribution in [0, 0.1) is 19.8 Å². The second-order valence-electron chi connectivity index (χ2n) is 6.68. The number of aliphatic hydroxyl groups is 1. The number of nitrogens with one attached hydrogen (secondary N) is 1. The second-order valence-corrected chi connectivity index (χ2v) is 6.68. The van der Waals surface area contributed by atoms with Crippen molar-refractivity contribution in [3.8, 4) is 0 Å². The van der Waals surface area contributed by atoms with E-state index in [1.54, 1.807) is 10.9 Å². The van der Waals surface area contributed by atoms with Gasteiger partial charge in [-0.3, -0.25) is 9.48 Å². The molecule has 130 valence electrons. The summed E-state index contributed by atoms with van der Waals surface area (Å²) in [6, 6.07) is -0.0979. The van der Waals surface area contributed by atoms with Crippen LogP contribution < -0.4 is 5.32 Å². The summed E-state index contributed by atoms with van der Waals surface area (Å²) in [5.41, 5.74) is 2.83. The quantitative estimate of drug-likeness (QED) is 0.838. The van der Waals surface area contributed by atoms with Crippen LogP contribution in [0.15, 0.2) is 16.9 Å². The molecule has 2 aromatic heterocycles. The van der Waals surface area contributed by atoms with Crippen LogP contribution in [0.5, 0.6) is 0 Å². The molecule has 0 aromatic carbocycles. The van der Waals surface area contributed by atoms with Gasteiger partial charge in [0.1, 0.15) is 5.76 Å². The van der Waals surface area contributed by atoms with E-state index in [2.05, 4.69) is 15.6 Å². The van der Waals surface area contributed by atoms with Gasteiger partial charge in [-0.25, -0.2) is 0 Å². The van der Waals surface area contributed by atoms with Gasteiger partial charge < -0.3 is 14.9 Å². The molecule has 1 unspecified atom stereocenters. The molecule has 1 atom stereocenters. The van der Waals surface area contributed by atoms with Crippen molar-refractivity contribution < 1.29 is 14.4 Å². The van der Waals surface area contributed by atoms with E-state index in [0.29, 0.717) is 25.7 Å². The van der Waals surface area contributed by atoms with Crippen LogP contribution in [0.25, 0.3) is 0 Å². The number of carbonyl (C=O) groups excluding carboxylic acids is 1. The molecule has 1 fully saturated rings. The molecule has 3 rings (SSSR count). The Morgan fingerprint density at radius 1 is 1.50 bits per heavy atom. The minimum absolute atomic E-state index is 0.00903. The number of hydrogen-bond acceptors (Lipinski definition) is 5. The highest BCUT2D eigenvalue weighted by molar-refractivity contribution is 5.76. The number of rotatable bonds is 6. The summed E-state index contributed by atoms with van der Waals surface area (Å²) < 4.78 is 6.87. The van der Waals surface area contributed by atoms with Gasteiger partial charge in [-0.05, 0) is 39.0 Å². The average Bonchev–Trinajstić information content (AvgIpc) is 3.06. The smallest absolute Gasteiger partial charge is 0.220 e. The van der Waals surface area contributed by atoms with Crippen LogP contribution in [0.1, 0.15) is 47.9 Å². The molecule has 0 bridgehead atoms. The van der Waals surface area contributed by atoms with Crippen LogP contribution in [0.3, 0.4) is 0 Å². The maximum Gasteiger partial charge on any atom is 0.220 e. The largest absolute Gasteiger partial charge is 0.393 e. The van der Waals surface area contributed by atoms with E-state index in [-0.39, 0.29) is 24.0 Å². The van der Waals surface area contributed by atoms with Crippen molar-refractivity contribution in [1.82, 2.24) is 20.3 Å². The molecular weight excluding hydrogens is 308 g/mol. The van der Waals surface area contributed by atoms with Crippen molar-refractivity contribution in [3.05, 3.63) is 35.0 Å². The second kappa shape index (κ2) is 6.76. The number of aromatic nitrogens is 3. The van der Waals surface area contributed by atoms with Gasteiger partial charge in [0.15, 0.2) is 0 Å². The van der Waals surface area contributed by atoms with Crippen LogP contribution >= 0.6 is 0 Å². The number of aryl methyl sites for hydroxylation is 3. The predicted molar refractivity (Wildman–Crippen MR) is 87.1 cm³/mol. The molecule has 7 heteroatoms. The summed E-state index contributed by atoms with van der Waals surface area (Å²) in [5.74, 6) is 1.02. The molecule has 0 saturated heterocycles. The topological polar surface area (TPSA) is 93.2 Å². The van der Waals surface area contributed by atoms with Crippen molar-refractivity contribution >= 4 is 5.91 Å². The summed E-state index contributed by atoms with van der Waals surface area (Å²) in [4.78, 5) is 12.4. The van der Waals surface area contributed by atoms with Gasteiger partial charge in [0.05, 0.1) is 24.0 Å². The number of nitrogens with zero attached hydrogens (tertiary/aromatic N) is 3. The molecule has 1 amide bonds. The maximum atomic E-state index is 12.4. The van der Waals surface area contributed by atoms with Crippen LogP contribution in [0.2, 0.25) is 0 Å². The fraction of sp³-hybridized carbons (Fsp3) is 0.588. The fourth-order valence-electron chi connectivity index (χ4n) is 3.32. The molecule has 1 saturated carbocycles. The number of aliphatic hydroxyl groups excluding tert-OH is 1. The average molecular weight is 332 g/mol. The van der Waals surface area contributed by atoms with E-state index in [4.69, 9.17) is 4.52 Å². The molecule has 1 aliphatic carbocycles. The molecular formula is C17H24N4O3. The van der Waals surface area contributed by atoms with Gasteiger partial charge in [-0.2, -0.15) is 5.10 Å². The molecule has 0 radical (unpaired) electrons. The van der Waals surface area contributed by atoms with Gasteiger partial charge >= 0.3 is 0 Å². The summed E-state index contributed by atoms with van der Waals surface area (Å²) >= 11 is 0. The maximum absolute atomic E-state index is 12.4. The van der Waals surface area contributed by atoms with Gasteiger partial charge in [0.2, 0.25) is 5.91 Å². The zero-order valence-electron chi connectivity index (χ0n) is 14.3. The summed E-state index contributed by atoms with van der Waals surface area (Å²) in [6.45, 7) is 3.75. The van der Waals surface area contributed by atoms with Crippen molar-refractivity contribution in [2.75, 3.05) is 0 Å². The van der Waals surface area contributed by atoms with Gasteiger partial charge in [0.25, 0.3) is 0 Å². The van der Waals surface area contributed by atoms with E-state index in [1.807, 2.05) is 27.1 Å². The van der Waals surface area contributed by atoms with E-state index < -0.39 is 0 Å². The van der Waals surface area contributed by atoms with Crippen molar-refractivity contribution in [2.45, 2.75) is 51.7 Å². The molecule has 7 nitrogen and oxygen atoms in total. The monoisotopic (exact) mass is 332 g/mol. The first-order chi connectivity index (χ1) is 11.4. The Labute approximate surface area is 141 Å². The zero-order valence-corrected chi connectivity index (χ0v) is 14.3. The summed E-state index contributed by atoms with van der Waals surface area (Å²) in [7, 11) is 1.86. The first-order valence-electron chi connectivity index (χ1n) is 8.31. The summed E-state index contributed by atoms with van der Waals surface area (Å²) in [6.07, 6.45) is 5.87. The van der Waals surface area contributed by atoms with Crippen LogP contribution in [0.4, 0.5) is 0 Å². The predicted octanol–water partition coefficient (Wildman–Crippen LogP) is 1.59. The Kier molecular flexibility index (Phi) is 4.71. The highest BCUT2D eigenvalue weighted by Crippen LogP contribution is 2.38. The van der Waals surface area contributed by atoms with E-state index in [1.165, 1.54) is 0 Å². The van der Waals surface area contributed by atoms with Crippen LogP contribution in [-0.4, -0.2) is 32.1 Å². The zero-order chi connectivity index (χ0) is 17.3. The minimum atomic E-state index is -0.256. The highest BCUT2D eigenvalue weighted by Gasteiger charge is 2.36. The van der Waals surface area contributed by atoms with E-state index in [9.17, 15) is 9.90 Å². The Morgan fingerprint density at radius 2 is 2.25 bits per heavy atom. The van der Waals surface area contributed by atoms with Crippen molar-refractivity contribution in [1.29, 1.82) is 0 Å². The van der Waals surface area contributed by atoms with E-state index >= 15 is 0 Å². The lowest BCUT2D eigenvalue weighted by atomic mass is 9.75. The third-order valence-corrected chi connectivity index (χ3v) is 4.80. The SMILES string of the molecule is Cc1noc(C)c1CCC(=O)NC(c1cnn(C)c1)C1CC(O)C1. The molecule has 2 aromatic rings. The van der Waals surface area contributed by atoms with Gasteiger partial charge in [-0.1, -0.05) is 5.16 Å². The molecule has 1 aliphatic rings.